The number of fused-ring (bicyclic) bond motifs is 1. The first kappa shape index (κ1) is 16.8. The van der Waals surface area contributed by atoms with Crippen LogP contribution in [0.5, 0.6) is 0 Å². The Morgan fingerprint density at radius 3 is 1.96 bits per heavy atom. The van der Waals surface area contributed by atoms with Gasteiger partial charge >= 0.3 is 0 Å². The van der Waals surface area contributed by atoms with E-state index >= 15 is 0 Å². The molecule has 1 aliphatic heterocycles. The quantitative estimate of drug-likeness (QED) is 0.671. The van der Waals surface area contributed by atoms with E-state index in [4.69, 9.17) is 4.74 Å². The molecule has 130 valence electrons. The van der Waals surface area contributed by atoms with Crippen molar-refractivity contribution in [3.8, 4) is 22.3 Å². The second-order valence-corrected chi connectivity index (χ2v) is 6.72. The first-order valence-electron chi connectivity index (χ1n) is 8.88. The fourth-order valence-corrected chi connectivity index (χ4v) is 3.99. The van der Waals surface area contributed by atoms with Crippen molar-refractivity contribution in [1.29, 1.82) is 0 Å². The van der Waals surface area contributed by atoms with Crippen molar-refractivity contribution in [2.75, 3.05) is 0 Å². The molecule has 4 rings (SSSR count). The van der Waals surface area contributed by atoms with E-state index in [0.29, 0.717) is 13.2 Å². The van der Waals surface area contributed by atoms with E-state index in [-0.39, 0.29) is 6.61 Å². The van der Waals surface area contributed by atoms with Crippen LogP contribution in [-0.4, -0.2) is 5.11 Å². The zero-order valence-corrected chi connectivity index (χ0v) is 15.0. The molecule has 2 nitrogen and oxygen atoms in total. The van der Waals surface area contributed by atoms with Gasteiger partial charge in [0.1, 0.15) is 0 Å². The third-order valence-corrected chi connectivity index (χ3v) is 5.02. The van der Waals surface area contributed by atoms with Crippen LogP contribution in [0.15, 0.2) is 67.2 Å². The standard InChI is InChI=1S/C24H22O2/c1-16(2)22-20-14-26-15-21(20)23(17-9-5-3-6-10-17)19(13-25)24(22)18-11-7-4-8-12-18/h3-12,25H,1,13-15H2,2H3. The lowest BCUT2D eigenvalue weighted by atomic mass is 9.80. The van der Waals surface area contributed by atoms with Crippen LogP contribution in [0, 0.1) is 0 Å². The number of aliphatic hydroxyl groups is 1. The minimum Gasteiger partial charge on any atom is -0.392 e. The van der Waals surface area contributed by atoms with Gasteiger partial charge < -0.3 is 9.84 Å². The second-order valence-electron chi connectivity index (χ2n) is 6.72. The highest BCUT2D eigenvalue weighted by molar-refractivity contribution is 5.91. The van der Waals surface area contributed by atoms with Gasteiger partial charge in [0.15, 0.2) is 0 Å². The topological polar surface area (TPSA) is 29.5 Å². The Bertz CT molecular complexity index is 957. The molecular formula is C24H22O2. The molecule has 0 amide bonds. The lowest BCUT2D eigenvalue weighted by Crippen LogP contribution is -2.05. The minimum absolute atomic E-state index is 0.0258. The van der Waals surface area contributed by atoms with Crippen LogP contribution in [0.3, 0.4) is 0 Å². The molecule has 3 aromatic carbocycles. The molecule has 0 atom stereocenters. The fraction of sp³-hybridized carbons (Fsp3) is 0.167. The zero-order valence-electron chi connectivity index (χ0n) is 15.0. The molecule has 3 aromatic rings. The van der Waals surface area contributed by atoms with Crippen LogP contribution in [0.2, 0.25) is 0 Å². The zero-order chi connectivity index (χ0) is 18.1. The Kier molecular flexibility index (Phi) is 4.46. The van der Waals surface area contributed by atoms with E-state index in [1.807, 2.05) is 43.3 Å². The summed E-state index contributed by atoms with van der Waals surface area (Å²) in [5.74, 6) is 0. The summed E-state index contributed by atoms with van der Waals surface area (Å²) < 4.78 is 5.84. The molecule has 0 radical (unpaired) electrons. The second kappa shape index (κ2) is 6.91. The largest absolute Gasteiger partial charge is 0.392 e. The predicted octanol–water partition coefficient (Wildman–Crippen LogP) is 5.58. The Morgan fingerprint density at radius 1 is 0.885 bits per heavy atom. The van der Waals surface area contributed by atoms with Crippen molar-refractivity contribution in [1.82, 2.24) is 0 Å². The highest BCUT2D eigenvalue weighted by Gasteiger charge is 2.28. The molecule has 0 spiro atoms. The lowest BCUT2D eigenvalue weighted by molar-refractivity contribution is 0.134. The van der Waals surface area contributed by atoms with Crippen LogP contribution >= 0.6 is 0 Å². The van der Waals surface area contributed by atoms with Gasteiger partial charge in [-0.3, -0.25) is 0 Å². The number of allylic oxidation sites excluding steroid dienone is 1. The Morgan fingerprint density at radius 2 is 1.42 bits per heavy atom. The van der Waals surface area contributed by atoms with Crippen molar-refractivity contribution in [3.63, 3.8) is 0 Å². The SMILES string of the molecule is C=C(C)c1c2c(c(-c3ccccc3)c(CO)c1-c1ccccc1)COC2. The molecule has 26 heavy (non-hydrogen) atoms. The van der Waals surface area contributed by atoms with Gasteiger partial charge in [0.05, 0.1) is 19.8 Å². The van der Waals surface area contributed by atoms with Gasteiger partial charge in [-0.15, -0.1) is 0 Å². The molecule has 1 heterocycles. The van der Waals surface area contributed by atoms with Crippen LogP contribution in [-0.2, 0) is 24.6 Å². The van der Waals surface area contributed by atoms with Crippen molar-refractivity contribution in [3.05, 3.63) is 89.5 Å². The molecule has 0 unspecified atom stereocenters. The minimum atomic E-state index is -0.0258. The van der Waals surface area contributed by atoms with E-state index in [1.54, 1.807) is 0 Å². The molecular weight excluding hydrogens is 320 g/mol. The van der Waals surface area contributed by atoms with Crippen LogP contribution in [0.4, 0.5) is 0 Å². The summed E-state index contributed by atoms with van der Waals surface area (Å²) in [7, 11) is 0. The summed E-state index contributed by atoms with van der Waals surface area (Å²) in [6.07, 6.45) is 0. The number of hydrogen-bond acceptors (Lipinski definition) is 2. The van der Waals surface area contributed by atoms with E-state index in [0.717, 1.165) is 39.0 Å². The van der Waals surface area contributed by atoms with Crippen LogP contribution in [0.25, 0.3) is 27.8 Å². The summed E-state index contributed by atoms with van der Waals surface area (Å²) in [6.45, 7) is 7.39. The van der Waals surface area contributed by atoms with Gasteiger partial charge in [-0.1, -0.05) is 72.8 Å². The Balaban J connectivity index is 2.15. The number of aliphatic hydroxyl groups excluding tert-OH is 1. The fourth-order valence-electron chi connectivity index (χ4n) is 3.99. The molecule has 0 saturated heterocycles. The summed E-state index contributed by atoms with van der Waals surface area (Å²) >= 11 is 0. The summed E-state index contributed by atoms with van der Waals surface area (Å²) in [6, 6.07) is 20.5. The molecule has 1 aliphatic rings. The monoisotopic (exact) mass is 342 g/mol. The molecule has 0 fully saturated rings. The third-order valence-electron chi connectivity index (χ3n) is 5.02. The van der Waals surface area contributed by atoms with Gasteiger partial charge in [0.2, 0.25) is 0 Å². The Labute approximate surface area is 154 Å². The maximum absolute atomic E-state index is 10.4. The number of benzene rings is 3. The van der Waals surface area contributed by atoms with Crippen molar-refractivity contribution < 1.29 is 9.84 Å². The van der Waals surface area contributed by atoms with E-state index in [2.05, 4.69) is 30.8 Å². The number of ether oxygens (including phenoxy) is 1. The van der Waals surface area contributed by atoms with Crippen LogP contribution in [0.1, 0.15) is 29.2 Å². The number of rotatable bonds is 4. The maximum atomic E-state index is 10.4. The predicted molar refractivity (Wildman–Crippen MR) is 106 cm³/mol. The van der Waals surface area contributed by atoms with E-state index < -0.39 is 0 Å². The number of hydrogen-bond donors (Lipinski definition) is 1. The maximum Gasteiger partial charge on any atom is 0.0731 e. The van der Waals surface area contributed by atoms with Gasteiger partial charge in [-0.2, -0.15) is 0 Å². The molecule has 0 aromatic heterocycles. The van der Waals surface area contributed by atoms with Crippen molar-refractivity contribution >= 4 is 5.57 Å². The summed E-state index contributed by atoms with van der Waals surface area (Å²) in [4.78, 5) is 0. The highest BCUT2D eigenvalue weighted by Crippen LogP contribution is 2.45. The molecule has 1 N–H and O–H groups in total. The molecule has 0 bridgehead atoms. The summed E-state index contributed by atoms with van der Waals surface area (Å²) in [5, 5.41) is 10.4. The van der Waals surface area contributed by atoms with Crippen molar-refractivity contribution in [2.45, 2.75) is 26.7 Å². The normalized spacial score (nSPS) is 12.8. The Hall–Kier alpha value is -2.68. The van der Waals surface area contributed by atoms with Gasteiger partial charge in [0, 0.05) is 0 Å². The molecule has 0 saturated carbocycles. The van der Waals surface area contributed by atoms with E-state index in [1.165, 1.54) is 11.1 Å². The highest BCUT2D eigenvalue weighted by atomic mass is 16.5. The first-order chi connectivity index (χ1) is 12.7. The van der Waals surface area contributed by atoms with Gasteiger partial charge in [-0.05, 0) is 51.4 Å². The van der Waals surface area contributed by atoms with Gasteiger partial charge in [0.25, 0.3) is 0 Å². The van der Waals surface area contributed by atoms with Gasteiger partial charge in [-0.25, -0.2) is 0 Å². The third kappa shape index (κ3) is 2.68. The van der Waals surface area contributed by atoms with E-state index in [9.17, 15) is 5.11 Å². The lowest BCUT2D eigenvalue weighted by Gasteiger charge is -2.23. The average molecular weight is 342 g/mol. The summed E-state index contributed by atoms with van der Waals surface area (Å²) in [5.41, 5.74) is 9.83. The van der Waals surface area contributed by atoms with Crippen molar-refractivity contribution in [2.24, 2.45) is 0 Å². The molecule has 0 aliphatic carbocycles. The molecule has 2 heteroatoms. The van der Waals surface area contributed by atoms with Crippen LogP contribution < -0.4 is 0 Å². The first-order valence-corrected chi connectivity index (χ1v) is 8.88. The smallest absolute Gasteiger partial charge is 0.0731 e. The average Bonchev–Trinajstić information content (AvgIpc) is 3.16.